The van der Waals surface area contributed by atoms with E-state index in [1.165, 1.54) is 12.8 Å². The van der Waals surface area contributed by atoms with E-state index in [1.807, 2.05) is 12.1 Å². The van der Waals surface area contributed by atoms with Crippen LogP contribution in [0.3, 0.4) is 0 Å². The summed E-state index contributed by atoms with van der Waals surface area (Å²) < 4.78 is 0. The van der Waals surface area contributed by atoms with Gasteiger partial charge in [-0.05, 0) is 31.0 Å². The number of aromatic carboxylic acids is 1. The fourth-order valence-electron chi connectivity index (χ4n) is 2.02. The number of hydrogen-bond acceptors (Lipinski definition) is 2. The van der Waals surface area contributed by atoms with Crippen LogP contribution in [0.4, 0.5) is 0 Å². The molecule has 0 radical (unpaired) electrons. The molecule has 86 valence electrons. The van der Waals surface area contributed by atoms with Crippen molar-refractivity contribution in [2.24, 2.45) is 0 Å². The highest BCUT2D eigenvalue weighted by Gasteiger charge is 2.28. The molecular weight excluding hydrogens is 202 g/mol. The number of carboxylic acid groups (broad SMARTS) is 1. The lowest BCUT2D eigenvalue weighted by Gasteiger charge is -2.20. The predicted octanol–water partition coefficient (Wildman–Crippen LogP) is 2.37. The minimum Gasteiger partial charge on any atom is -0.478 e. The number of rotatable bonds is 5. The van der Waals surface area contributed by atoms with E-state index in [9.17, 15) is 4.79 Å². The summed E-state index contributed by atoms with van der Waals surface area (Å²) in [6.07, 6.45) is 2.51. The molecule has 0 unspecified atom stereocenters. The van der Waals surface area contributed by atoms with Crippen LogP contribution in [0.2, 0.25) is 0 Å². The van der Waals surface area contributed by atoms with Crippen LogP contribution in [0.5, 0.6) is 0 Å². The summed E-state index contributed by atoms with van der Waals surface area (Å²) in [5, 5.41) is 9.09. The highest BCUT2D eigenvalue weighted by molar-refractivity contribution is 5.89. The van der Waals surface area contributed by atoms with Crippen LogP contribution in [0.15, 0.2) is 24.3 Å². The number of benzene rings is 1. The Hall–Kier alpha value is -1.35. The van der Waals surface area contributed by atoms with Crippen molar-refractivity contribution in [2.45, 2.75) is 32.4 Å². The van der Waals surface area contributed by atoms with E-state index < -0.39 is 5.97 Å². The molecule has 0 atom stereocenters. The summed E-state index contributed by atoms with van der Waals surface area (Å²) in [6.45, 7) is 3.87. The van der Waals surface area contributed by atoms with Gasteiger partial charge in [-0.15, -0.1) is 0 Å². The molecule has 3 heteroatoms. The maximum Gasteiger partial charge on any atom is 0.336 e. The summed E-state index contributed by atoms with van der Waals surface area (Å²) >= 11 is 0. The van der Waals surface area contributed by atoms with Gasteiger partial charge in [0.15, 0.2) is 0 Å². The van der Waals surface area contributed by atoms with Gasteiger partial charge in [-0.2, -0.15) is 0 Å². The van der Waals surface area contributed by atoms with E-state index >= 15 is 0 Å². The smallest absolute Gasteiger partial charge is 0.336 e. The monoisotopic (exact) mass is 219 g/mol. The van der Waals surface area contributed by atoms with Gasteiger partial charge in [-0.3, -0.25) is 4.90 Å². The molecule has 0 spiro atoms. The summed E-state index contributed by atoms with van der Waals surface area (Å²) in [7, 11) is 0. The zero-order chi connectivity index (χ0) is 11.5. The number of carbonyl (C=O) groups is 1. The zero-order valence-corrected chi connectivity index (χ0v) is 9.52. The molecule has 1 saturated carbocycles. The average molecular weight is 219 g/mol. The van der Waals surface area contributed by atoms with Gasteiger partial charge >= 0.3 is 5.97 Å². The molecule has 0 aliphatic heterocycles. The molecule has 1 fully saturated rings. The van der Waals surface area contributed by atoms with Crippen LogP contribution in [-0.4, -0.2) is 28.6 Å². The Morgan fingerprint density at radius 3 is 2.69 bits per heavy atom. The van der Waals surface area contributed by atoms with Gasteiger partial charge in [0.2, 0.25) is 0 Å². The fraction of sp³-hybridized carbons (Fsp3) is 0.462. The van der Waals surface area contributed by atoms with Gasteiger partial charge in [0.05, 0.1) is 5.56 Å². The van der Waals surface area contributed by atoms with Gasteiger partial charge in [-0.25, -0.2) is 4.79 Å². The molecule has 3 nitrogen and oxygen atoms in total. The number of hydrogen-bond donors (Lipinski definition) is 1. The Bertz CT molecular complexity index is 385. The molecule has 16 heavy (non-hydrogen) atoms. The summed E-state index contributed by atoms with van der Waals surface area (Å²) in [6, 6.07) is 7.95. The normalized spacial score (nSPS) is 15.4. The fourth-order valence-corrected chi connectivity index (χ4v) is 2.02. The number of nitrogens with zero attached hydrogens (tertiary/aromatic N) is 1. The molecule has 1 aromatic rings. The second-order valence-electron chi connectivity index (χ2n) is 4.26. The summed E-state index contributed by atoms with van der Waals surface area (Å²) in [5.74, 6) is -0.831. The first kappa shape index (κ1) is 11.1. The van der Waals surface area contributed by atoms with E-state index in [0.29, 0.717) is 11.6 Å². The van der Waals surface area contributed by atoms with E-state index in [2.05, 4.69) is 11.8 Å². The van der Waals surface area contributed by atoms with Crippen molar-refractivity contribution in [3.63, 3.8) is 0 Å². The van der Waals surface area contributed by atoms with E-state index in [-0.39, 0.29) is 0 Å². The van der Waals surface area contributed by atoms with Gasteiger partial charge in [0.1, 0.15) is 0 Å². The molecule has 2 rings (SSSR count). The summed E-state index contributed by atoms with van der Waals surface area (Å²) in [4.78, 5) is 13.4. The third kappa shape index (κ3) is 2.42. The van der Waals surface area contributed by atoms with Crippen LogP contribution in [0.1, 0.15) is 35.7 Å². The van der Waals surface area contributed by atoms with Crippen molar-refractivity contribution in [1.29, 1.82) is 0 Å². The quantitative estimate of drug-likeness (QED) is 0.826. The lowest BCUT2D eigenvalue weighted by atomic mass is 10.1. The van der Waals surface area contributed by atoms with Gasteiger partial charge in [0, 0.05) is 12.6 Å². The van der Waals surface area contributed by atoms with Gasteiger partial charge in [0.25, 0.3) is 0 Å². The number of carboxylic acids is 1. The molecule has 1 aliphatic carbocycles. The van der Waals surface area contributed by atoms with Crippen molar-refractivity contribution in [2.75, 3.05) is 6.54 Å². The van der Waals surface area contributed by atoms with Crippen molar-refractivity contribution in [1.82, 2.24) is 4.90 Å². The second kappa shape index (κ2) is 4.66. The first-order valence-corrected chi connectivity index (χ1v) is 5.77. The first-order chi connectivity index (χ1) is 7.72. The van der Waals surface area contributed by atoms with E-state index in [0.717, 1.165) is 18.7 Å². The van der Waals surface area contributed by atoms with Crippen molar-refractivity contribution in [3.05, 3.63) is 35.4 Å². The standard InChI is InChI=1S/C13H17NO2/c1-2-14(11-7-8-11)9-10-5-3-4-6-12(10)13(15)16/h3-6,11H,2,7-9H2,1H3,(H,15,16). The predicted molar refractivity (Wildman–Crippen MR) is 62.5 cm³/mol. The third-order valence-corrected chi connectivity index (χ3v) is 3.09. The maximum atomic E-state index is 11.1. The Morgan fingerprint density at radius 1 is 1.44 bits per heavy atom. The van der Waals surface area contributed by atoms with Crippen LogP contribution >= 0.6 is 0 Å². The molecule has 0 heterocycles. The van der Waals surface area contributed by atoms with Crippen molar-refractivity contribution >= 4 is 5.97 Å². The maximum absolute atomic E-state index is 11.1. The van der Waals surface area contributed by atoms with Crippen LogP contribution in [-0.2, 0) is 6.54 Å². The lowest BCUT2D eigenvalue weighted by Crippen LogP contribution is -2.26. The molecular formula is C13H17NO2. The zero-order valence-electron chi connectivity index (χ0n) is 9.52. The molecule has 0 bridgehead atoms. The summed E-state index contributed by atoms with van der Waals surface area (Å²) in [5.41, 5.74) is 1.35. The molecule has 1 aromatic carbocycles. The average Bonchev–Trinajstić information content (AvgIpc) is 3.10. The van der Waals surface area contributed by atoms with E-state index in [1.54, 1.807) is 12.1 Å². The highest BCUT2D eigenvalue weighted by atomic mass is 16.4. The second-order valence-corrected chi connectivity index (χ2v) is 4.26. The molecule has 0 saturated heterocycles. The molecule has 0 aromatic heterocycles. The Morgan fingerprint density at radius 2 is 2.12 bits per heavy atom. The molecule has 1 aliphatic rings. The molecule has 1 N–H and O–H groups in total. The Labute approximate surface area is 95.7 Å². The SMILES string of the molecule is CCN(Cc1ccccc1C(=O)O)C1CC1. The largest absolute Gasteiger partial charge is 0.478 e. The van der Waals surface area contributed by atoms with Crippen LogP contribution in [0, 0.1) is 0 Å². The lowest BCUT2D eigenvalue weighted by molar-refractivity contribution is 0.0694. The van der Waals surface area contributed by atoms with E-state index in [4.69, 9.17) is 5.11 Å². The third-order valence-electron chi connectivity index (χ3n) is 3.09. The molecule has 0 amide bonds. The topological polar surface area (TPSA) is 40.5 Å². The van der Waals surface area contributed by atoms with Crippen molar-refractivity contribution < 1.29 is 9.90 Å². The Balaban J connectivity index is 2.15. The van der Waals surface area contributed by atoms with Crippen LogP contribution < -0.4 is 0 Å². The van der Waals surface area contributed by atoms with Gasteiger partial charge in [-0.1, -0.05) is 25.1 Å². The highest BCUT2D eigenvalue weighted by Crippen LogP contribution is 2.28. The Kier molecular flexibility index (Phi) is 3.25. The van der Waals surface area contributed by atoms with Crippen molar-refractivity contribution in [3.8, 4) is 0 Å². The first-order valence-electron chi connectivity index (χ1n) is 5.77. The van der Waals surface area contributed by atoms with Crippen LogP contribution in [0.25, 0.3) is 0 Å². The minimum absolute atomic E-state index is 0.432. The minimum atomic E-state index is -0.831. The van der Waals surface area contributed by atoms with Gasteiger partial charge < -0.3 is 5.11 Å².